The van der Waals surface area contributed by atoms with Crippen LogP contribution in [0, 0.1) is 0 Å². The van der Waals surface area contributed by atoms with Gasteiger partial charge >= 0.3 is 0 Å². The van der Waals surface area contributed by atoms with Crippen molar-refractivity contribution in [2.24, 2.45) is 0 Å². The largest absolute Gasteiger partial charge is 0.243 e. The fraction of sp³-hybridized carbons (Fsp3) is 1.00. The van der Waals surface area contributed by atoms with Gasteiger partial charge in [0.1, 0.15) is 12.3 Å². The van der Waals surface area contributed by atoms with Crippen molar-refractivity contribution in [2.75, 3.05) is 0 Å². The van der Waals surface area contributed by atoms with Crippen molar-refractivity contribution < 1.29 is 8.78 Å². The summed E-state index contributed by atoms with van der Waals surface area (Å²) >= 11 is 5.94. The lowest BCUT2D eigenvalue weighted by Gasteiger charge is -2.35. The predicted octanol–water partition coefficient (Wildman–Crippen LogP) is 2.20. The highest BCUT2D eigenvalue weighted by atomic mass is 79.9. The van der Waals surface area contributed by atoms with Crippen LogP contribution in [0.15, 0.2) is 0 Å². The lowest BCUT2D eigenvalue weighted by molar-refractivity contribution is 0.0927. The molecule has 1 rings (SSSR count). The molecule has 0 aromatic heterocycles. The molecule has 8 heavy (non-hydrogen) atoms. The average molecular weight is 250 g/mol. The minimum atomic E-state index is -1.32. The highest BCUT2D eigenvalue weighted by molar-refractivity contribution is 9.12. The molecule has 0 radical (unpaired) electrons. The maximum atomic E-state index is 12.1. The molecule has 0 aromatic carbocycles. The molecule has 1 fully saturated rings. The van der Waals surface area contributed by atoms with Crippen LogP contribution in [0.4, 0.5) is 8.78 Å². The molecule has 0 spiro atoms. The van der Waals surface area contributed by atoms with E-state index in [1.54, 1.807) is 0 Å². The first-order chi connectivity index (χ1) is 3.64. The van der Waals surface area contributed by atoms with E-state index in [1.807, 2.05) is 0 Å². The van der Waals surface area contributed by atoms with Crippen molar-refractivity contribution in [1.82, 2.24) is 0 Å². The Morgan fingerprint density at radius 3 is 1.25 bits per heavy atom. The summed E-state index contributed by atoms with van der Waals surface area (Å²) in [7, 11) is 0. The molecule has 1 aliphatic carbocycles. The van der Waals surface area contributed by atoms with Crippen LogP contribution in [0.25, 0.3) is 0 Å². The van der Waals surface area contributed by atoms with Crippen LogP contribution >= 0.6 is 31.9 Å². The smallest absolute Gasteiger partial charge is 0.146 e. The zero-order valence-corrected chi connectivity index (χ0v) is 6.99. The van der Waals surface area contributed by atoms with Gasteiger partial charge in [-0.1, -0.05) is 31.9 Å². The molecule has 1 aliphatic rings. The van der Waals surface area contributed by atoms with Crippen LogP contribution in [-0.2, 0) is 0 Å². The Morgan fingerprint density at radius 2 is 1.12 bits per heavy atom. The van der Waals surface area contributed by atoms with E-state index < -0.39 is 12.3 Å². The summed E-state index contributed by atoms with van der Waals surface area (Å²) in [5.41, 5.74) is 0. The number of hydrogen-bond acceptors (Lipinski definition) is 0. The molecule has 0 amide bonds. The maximum Gasteiger partial charge on any atom is 0.146 e. The second kappa shape index (κ2) is 2.21. The Bertz CT molecular complexity index is 66.0. The fourth-order valence-electron chi connectivity index (χ4n) is 0.557. The Kier molecular flexibility index (Phi) is 1.92. The van der Waals surface area contributed by atoms with Gasteiger partial charge in [-0.3, -0.25) is 0 Å². The van der Waals surface area contributed by atoms with E-state index in [-0.39, 0.29) is 9.65 Å². The number of halogens is 4. The van der Waals surface area contributed by atoms with Crippen LogP contribution in [-0.4, -0.2) is 22.0 Å². The molecule has 4 heteroatoms. The van der Waals surface area contributed by atoms with Gasteiger partial charge in [-0.15, -0.1) is 0 Å². The molecule has 4 atom stereocenters. The summed E-state index contributed by atoms with van der Waals surface area (Å²) in [5.74, 6) is 0. The molecule has 0 saturated heterocycles. The Morgan fingerprint density at radius 1 is 0.875 bits per heavy atom. The molecule has 0 heterocycles. The third-order valence-electron chi connectivity index (χ3n) is 1.22. The maximum absolute atomic E-state index is 12.1. The zero-order chi connectivity index (χ0) is 6.31. The molecule has 0 aromatic rings. The molecular formula is C4H4Br2F2. The molecule has 48 valence electrons. The monoisotopic (exact) mass is 248 g/mol. The number of hydrogen-bond donors (Lipinski definition) is 0. The molecule has 0 nitrogen and oxygen atoms in total. The number of alkyl halides is 4. The predicted molar refractivity (Wildman–Crippen MR) is 35.2 cm³/mol. The van der Waals surface area contributed by atoms with Gasteiger partial charge in [0.2, 0.25) is 0 Å². The average Bonchev–Trinajstić information content (AvgIpc) is 1.83. The van der Waals surface area contributed by atoms with E-state index in [0.29, 0.717) is 0 Å². The first-order valence-electron chi connectivity index (χ1n) is 2.21. The molecular weight excluding hydrogens is 246 g/mol. The van der Waals surface area contributed by atoms with E-state index in [9.17, 15) is 8.78 Å². The summed E-state index contributed by atoms with van der Waals surface area (Å²) in [6, 6.07) is 0. The zero-order valence-electron chi connectivity index (χ0n) is 3.82. The lowest BCUT2D eigenvalue weighted by atomic mass is 9.95. The topological polar surface area (TPSA) is 0 Å². The highest BCUT2D eigenvalue weighted by Gasteiger charge is 2.49. The highest BCUT2D eigenvalue weighted by Crippen LogP contribution is 2.38. The fourth-order valence-corrected chi connectivity index (χ4v) is 1.72. The Balaban J connectivity index is 2.42. The van der Waals surface area contributed by atoms with Crippen LogP contribution in [0.1, 0.15) is 0 Å². The second-order valence-electron chi connectivity index (χ2n) is 1.78. The lowest BCUT2D eigenvalue weighted by Crippen LogP contribution is -2.52. The van der Waals surface area contributed by atoms with E-state index in [2.05, 4.69) is 31.9 Å². The van der Waals surface area contributed by atoms with E-state index in [1.165, 1.54) is 0 Å². The van der Waals surface area contributed by atoms with Crippen molar-refractivity contribution in [1.29, 1.82) is 0 Å². The van der Waals surface area contributed by atoms with E-state index >= 15 is 0 Å². The van der Waals surface area contributed by atoms with Gasteiger partial charge in [-0.2, -0.15) is 0 Å². The van der Waals surface area contributed by atoms with Crippen molar-refractivity contribution in [3.05, 3.63) is 0 Å². The first kappa shape index (κ1) is 6.93. The molecule has 0 bridgehead atoms. The van der Waals surface area contributed by atoms with Crippen LogP contribution in [0.5, 0.6) is 0 Å². The Labute approximate surface area is 62.9 Å². The third kappa shape index (κ3) is 0.817. The summed E-state index contributed by atoms with van der Waals surface area (Å²) in [5, 5.41) is 0. The van der Waals surface area contributed by atoms with Crippen LogP contribution in [0.2, 0.25) is 0 Å². The first-order valence-corrected chi connectivity index (χ1v) is 4.04. The molecule has 1 saturated carbocycles. The number of rotatable bonds is 0. The van der Waals surface area contributed by atoms with E-state index in [4.69, 9.17) is 0 Å². The van der Waals surface area contributed by atoms with Crippen molar-refractivity contribution in [2.45, 2.75) is 22.0 Å². The van der Waals surface area contributed by atoms with Gasteiger partial charge in [-0.05, 0) is 0 Å². The van der Waals surface area contributed by atoms with Gasteiger partial charge in [0.15, 0.2) is 0 Å². The third-order valence-corrected chi connectivity index (χ3v) is 4.08. The normalized spacial score (nSPS) is 55.5. The summed E-state index contributed by atoms with van der Waals surface area (Å²) < 4.78 is 24.2. The van der Waals surface area contributed by atoms with Crippen molar-refractivity contribution in [3.8, 4) is 0 Å². The van der Waals surface area contributed by atoms with Crippen molar-refractivity contribution in [3.63, 3.8) is 0 Å². The van der Waals surface area contributed by atoms with Gasteiger partial charge in [-0.25, -0.2) is 8.78 Å². The summed E-state index contributed by atoms with van der Waals surface area (Å²) in [6.07, 6.45) is -2.64. The molecule has 0 N–H and O–H groups in total. The summed E-state index contributed by atoms with van der Waals surface area (Å²) in [6.45, 7) is 0. The van der Waals surface area contributed by atoms with Crippen LogP contribution in [0.3, 0.4) is 0 Å². The Hall–Kier alpha value is 0.820. The van der Waals surface area contributed by atoms with E-state index in [0.717, 1.165) is 0 Å². The van der Waals surface area contributed by atoms with Crippen molar-refractivity contribution >= 4 is 31.9 Å². The minimum absolute atomic E-state index is 0.336. The van der Waals surface area contributed by atoms with Gasteiger partial charge in [0, 0.05) is 0 Å². The van der Waals surface area contributed by atoms with Gasteiger partial charge in [0.25, 0.3) is 0 Å². The summed E-state index contributed by atoms with van der Waals surface area (Å²) in [4.78, 5) is -0.671. The second-order valence-corrected chi connectivity index (χ2v) is 3.89. The minimum Gasteiger partial charge on any atom is -0.243 e. The van der Waals surface area contributed by atoms with Gasteiger partial charge in [0.05, 0.1) is 9.65 Å². The SMILES string of the molecule is FC1C(F)C(Br)C1Br. The molecule has 0 aliphatic heterocycles. The molecule has 4 unspecified atom stereocenters. The van der Waals surface area contributed by atoms with Gasteiger partial charge < -0.3 is 0 Å². The van der Waals surface area contributed by atoms with Crippen LogP contribution < -0.4 is 0 Å². The standard InChI is InChI=1S/C4H4Br2F2/c5-1-2(6)4(8)3(1)7/h1-4H. The quantitative estimate of drug-likeness (QED) is 0.578.